The Labute approximate surface area is 103 Å². The SMILES string of the molecule is CC(=O)N(OC(C)(C)C)C(C)NC(=O)C(F)(F)F. The number of carbonyl (C=O) groups excluding carboxylic acids is 2. The topological polar surface area (TPSA) is 58.6 Å². The van der Waals surface area contributed by atoms with Crippen LogP contribution in [0.4, 0.5) is 13.2 Å². The van der Waals surface area contributed by atoms with Crippen LogP contribution in [0.3, 0.4) is 0 Å². The summed E-state index contributed by atoms with van der Waals surface area (Å²) in [4.78, 5) is 27.2. The van der Waals surface area contributed by atoms with Crippen molar-refractivity contribution in [3.05, 3.63) is 0 Å². The molecule has 106 valence electrons. The van der Waals surface area contributed by atoms with Crippen LogP contribution in [0.2, 0.25) is 0 Å². The molecule has 8 heteroatoms. The summed E-state index contributed by atoms with van der Waals surface area (Å²) in [6.07, 6.45) is -6.23. The molecule has 0 fully saturated rings. The molecule has 0 heterocycles. The van der Waals surface area contributed by atoms with E-state index in [4.69, 9.17) is 4.84 Å². The van der Waals surface area contributed by atoms with Crippen molar-refractivity contribution < 1.29 is 27.6 Å². The number of halogens is 3. The molecule has 0 saturated carbocycles. The standard InChI is InChI=1S/C10H17F3N2O3/c1-6(14-8(17)10(11,12)13)15(7(2)16)18-9(3,4)5/h6H,1-5H3,(H,14,17). The van der Waals surface area contributed by atoms with Gasteiger partial charge in [0, 0.05) is 6.92 Å². The van der Waals surface area contributed by atoms with Crippen LogP contribution in [-0.2, 0) is 14.4 Å². The first-order chi connectivity index (χ1) is 7.84. The van der Waals surface area contributed by atoms with Gasteiger partial charge in [0.1, 0.15) is 6.17 Å². The number of nitrogens with one attached hydrogen (secondary N) is 1. The molecule has 0 aromatic rings. The minimum absolute atomic E-state index is 0.611. The van der Waals surface area contributed by atoms with Gasteiger partial charge in [0.05, 0.1) is 5.60 Å². The first-order valence-corrected chi connectivity index (χ1v) is 5.21. The number of alkyl halides is 3. The summed E-state index contributed by atoms with van der Waals surface area (Å²) in [5.74, 6) is -2.74. The van der Waals surface area contributed by atoms with Gasteiger partial charge in [-0.3, -0.25) is 14.4 Å². The summed E-state index contributed by atoms with van der Waals surface area (Å²) < 4.78 is 36.2. The molecule has 0 aliphatic carbocycles. The smallest absolute Gasteiger partial charge is 0.326 e. The van der Waals surface area contributed by atoms with Crippen LogP contribution in [0.25, 0.3) is 0 Å². The Hall–Kier alpha value is -1.31. The molecule has 0 radical (unpaired) electrons. The Kier molecular flexibility index (Phi) is 5.15. The minimum atomic E-state index is -5.00. The molecule has 1 N–H and O–H groups in total. The number of carbonyl (C=O) groups is 2. The number of hydroxylamine groups is 2. The first kappa shape index (κ1) is 16.7. The molecule has 18 heavy (non-hydrogen) atoms. The predicted octanol–water partition coefficient (Wildman–Crippen LogP) is 1.59. The van der Waals surface area contributed by atoms with Gasteiger partial charge >= 0.3 is 12.1 Å². The molecule has 1 unspecified atom stereocenters. The fraction of sp³-hybridized carbons (Fsp3) is 0.800. The van der Waals surface area contributed by atoms with Crippen molar-refractivity contribution in [3.63, 3.8) is 0 Å². The van der Waals surface area contributed by atoms with Crippen LogP contribution in [0.15, 0.2) is 0 Å². The number of rotatable bonds is 3. The van der Waals surface area contributed by atoms with E-state index < -0.39 is 29.8 Å². The van der Waals surface area contributed by atoms with E-state index in [1.54, 1.807) is 26.1 Å². The Balaban J connectivity index is 4.75. The van der Waals surface area contributed by atoms with E-state index in [9.17, 15) is 22.8 Å². The summed E-state index contributed by atoms with van der Waals surface area (Å²) in [5.41, 5.74) is -0.775. The zero-order valence-electron chi connectivity index (χ0n) is 10.9. The maximum Gasteiger partial charge on any atom is 0.471 e. The predicted molar refractivity (Wildman–Crippen MR) is 57.0 cm³/mol. The fourth-order valence-electron chi connectivity index (χ4n) is 1.04. The van der Waals surface area contributed by atoms with Crippen molar-refractivity contribution in [2.45, 2.75) is 52.6 Å². The van der Waals surface area contributed by atoms with Crippen LogP contribution < -0.4 is 5.32 Å². The van der Waals surface area contributed by atoms with Gasteiger partial charge in [0.25, 0.3) is 0 Å². The fourth-order valence-corrected chi connectivity index (χ4v) is 1.04. The van der Waals surface area contributed by atoms with Crippen molar-refractivity contribution in [1.29, 1.82) is 0 Å². The number of nitrogens with zero attached hydrogens (tertiary/aromatic N) is 1. The lowest BCUT2D eigenvalue weighted by Gasteiger charge is -2.33. The van der Waals surface area contributed by atoms with E-state index in [1.165, 1.54) is 6.92 Å². The maximum atomic E-state index is 12.1. The lowest BCUT2D eigenvalue weighted by atomic mass is 10.2. The number of amides is 2. The van der Waals surface area contributed by atoms with Crippen LogP contribution >= 0.6 is 0 Å². The molecule has 0 rings (SSSR count). The highest BCUT2D eigenvalue weighted by Gasteiger charge is 2.40. The molecule has 0 aromatic carbocycles. The van der Waals surface area contributed by atoms with E-state index >= 15 is 0 Å². The maximum absolute atomic E-state index is 12.1. The Morgan fingerprint density at radius 2 is 1.67 bits per heavy atom. The zero-order chi connectivity index (χ0) is 14.7. The second-order valence-electron chi connectivity index (χ2n) is 4.70. The van der Waals surface area contributed by atoms with E-state index in [2.05, 4.69) is 0 Å². The highest BCUT2D eigenvalue weighted by atomic mass is 19.4. The third-order valence-electron chi connectivity index (χ3n) is 1.63. The van der Waals surface area contributed by atoms with Gasteiger partial charge < -0.3 is 5.32 Å². The molecule has 0 aromatic heterocycles. The third-order valence-corrected chi connectivity index (χ3v) is 1.63. The van der Waals surface area contributed by atoms with E-state index in [0.717, 1.165) is 6.92 Å². The van der Waals surface area contributed by atoms with E-state index in [1.807, 2.05) is 0 Å². The number of hydrogen-bond acceptors (Lipinski definition) is 3. The molecule has 0 aliphatic rings. The summed E-state index contributed by atoms with van der Waals surface area (Å²) >= 11 is 0. The molecule has 0 bridgehead atoms. The minimum Gasteiger partial charge on any atom is -0.326 e. The largest absolute Gasteiger partial charge is 0.471 e. The van der Waals surface area contributed by atoms with Crippen molar-refractivity contribution in [3.8, 4) is 0 Å². The van der Waals surface area contributed by atoms with Crippen molar-refractivity contribution in [2.75, 3.05) is 0 Å². The lowest BCUT2D eigenvalue weighted by Crippen LogP contribution is -2.53. The molecule has 1 atom stereocenters. The summed E-state index contributed by atoms with van der Waals surface area (Å²) in [6.45, 7) is 7.22. The molecule has 5 nitrogen and oxygen atoms in total. The Morgan fingerprint density at radius 3 is 1.94 bits per heavy atom. The molecule has 2 amide bonds. The van der Waals surface area contributed by atoms with Gasteiger partial charge in [-0.25, -0.2) is 0 Å². The third kappa shape index (κ3) is 5.85. The average molecular weight is 270 g/mol. The van der Waals surface area contributed by atoms with Gasteiger partial charge in [-0.2, -0.15) is 18.2 Å². The first-order valence-electron chi connectivity index (χ1n) is 5.21. The van der Waals surface area contributed by atoms with Gasteiger partial charge in [0.15, 0.2) is 0 Å². The molecule has 0 aliphatic heterocycles. The van der Waals surface area contributed by atoms with Crippen LogP contribution in [0.5, 0.6) is 0 Å². The monoisotopic (exact) mass is 270 g/mol. The Bertz CT molecular complexity index is 323. The van der Waals surface area contributed by atoms with Gasteiger partial charge in [-0.05, 0) is 27.7 Å². The van der Waals surface area contributed by atoms with Crippen LogP contribution in [-0.4, -0.2) is 34.8 Å². The summed E-state index contributed by atoms with van der Waals surface area (Å²) in [5, 5.41) is 2.34. The summed E-state index contributed by atoms with van der Waals surface area (Å²) in [7, 11) is 0. The average Bonchev–Trinajstić information content (AvgIpc) is 2.10. The molecular formula is C10H17F3N2O3. The lowest BCUT2D eigenvalue weighted by molar-refractivity contribution is -0.244. The zero-order valence-corrected chi connectivity index (χ0v) is 10.9. The normalized spacial score (nSPS) is 14.0. The Morgan fingerprint density at radius 1 is 1.22 bits per heavy atom. The molecule has 0 spiro atoms. The molecular weight excluding hydrogens is 253 g/mol. The quantitative estimate of drug-likeness (QED) is 0.626. The highest BCUT2D eigenvalue weighted by molar-refractivity contribution is 5.82. The van der Waals surface area contributed by atoms with E-state index in [0.29, 0.717) is 5.06 Å². The van der Waals surface area contributed by atoms with Crippen LogP contribution in [0.1, 0.15) is 34.6 Å². The van der Waals surface area contributed by atoms with Crippen molar-refractivity contribution in [1.82, 2.24) is 10.4 Å². The van der Waals surface area contributed by atoms with Crippen LogP contribution in [0, 0.1) is 0 Å². The van der Waals surface area contributed by atoms with Gasteiger partial charge in [0.2, 0.25) is 5.91 Å². The van der Waals surface area contributed by atoms with Gasteiger partial charge in [-0.1, -0.05) is 0 Å². The highest BCUT2D eigenvalue weighted by Crippen LogP contribution is 2.16. The van der Waals surface area contributed by atoms with Gasteiger partial charge in [-0.15, -0.1) is 0 Å². The molecule has 0 saturated heterocycles. The van der Waals surface area contributed by atoms with Crippen molar-refractivity contribution >= 4 is 11.8 Å². The second kappa shape index (κ2) is 5.55. The van der Waals surface area contributed by atoms with E-state index in [-0.39, 0.29) is 0 Å². The van der Waals surface area contributed by atoms with Crippen molar-refractivity contribution in [2.24, 2.45) is 0 Å². The second-order valence-corrected chi connectivity index (χ2v) is 4.70. The number of hydrogen-bond donors (Lipinski definition) is 1. The summed E-state index contributed by atoms with van der Waals surface area (Å²) in [6, 6.07) is 0.